The number of rotatable bonds is 3. The standard InChI is InChI=1S/C10H13N3S/c1-2-8-3-4-9(14-8)7-13-10(11)5-6-12-13/h3-6H,2,7,11H2,1H3. The van der Waals surface area contributed by atoms with Gasteiger partial charge in [0, 0.05) is 9.75 Å². The van der Waals surface area contributed by atoms with Gasteiger partial charge in [0.2, 0.25) is 0 Å². The van der Waals surface area contributed by atoms with E-state index in [0.29, 0.717) is 0 Å². The van der Waals surface area contributed by atoms with Gasteiger partial charge >= 0.3 is 0 Å². The zero-order valence-electron chi connectivity index (χ0n) is 8.10. The van der Waals surface area contributed by atoms with Gasteiger partial charge in [-0.15, -0.1) is 11.3 Å². The highest BCUT2D eigenvalue weighted by molar-refractivity contribution is 7.11. The van der Waals surface area contributed by atoms with E-state index in [2.05, 4.69) is 24.2 Å². The van der Waals surface area contributed by atoms with Crippen LogP contribution in [0.2, 0.25) is 0 Å². The molecular formula is C10H13N3S. The fourth-order valence-corrected chi connectivity index (χ4v) is 2.26. The Hall–Kier alpha value is -1.29. The van der Waals surface area contributed by atoms with Gasteiger partial charge in [0.1, 0.15) is 5.82 Å². The second-order valence-electron chi connectivity index (χ2n) is 3.14. The largest absolute Gasteiger partial charge is 0.384 e. The molecule has 0 saturated heterocycles. The highest BCUT2D eigenvalue weighted by Gasteiger charge is 2.02. The topological polar surface area (TPSA) is 43.8 Å². The van der Waals surface area contributed by atoms with Crippen LogP contribution in [-0.4, -0.2) is 9.78 Å². The fraction of sp³-hybridized carbons (Fsp3) is 0.300. The second-order valence-corrected chi connectivity index (χ2v) is 4.39. The lowest BCUT2D eigenvalue weighted by molar-refractivity contribution is 0.705. The molecular weight excluding hydrogens is 194 g/mol. The van der Waals surface area contributed by atoms with Crippen molar-refractivity contribution < 1.29 is 0 Å². The second kappa shape index (κ2) is 3.84. The van der Waals surface area contributed by atoms with E-state index in [4.69, 9.17) is 5.73 Å². The molecule has 14 heavy (non-hydrogen) atoms. The Morgan fingerprint density at radius 2 is 2.14 bits per heavy atom. The average molecular weight is 207 g/mol. The number of hydrogen-bond donors (Lipinski definition) is 1. The van der Waals surface area contributed by atoms with Gasteiger partial charge in [-0.05, 0) is 24.6 Å². The molecule has 0 aliphatic rings. The Bertz CT molecular complexity index is 416. The molecule has 2 aromatic rings. The minimum atomic E-state index is 0.719. The van der Waals surface area contributed by atoms with Gasteiger partial charge in [-0.2, -0.15) is 5.10 Å². The quantitative estimate of drug-likeness (QED) is 0.838. The first-order valence-electron chi connectivity index (χ1n) is 4.64. The van der Waals surface area contributed by atoms with E-state index in [0.717, 1.165) is 18.8 Å². The lowest BCUT2D eigenvalue weighted by Crippen LogP contribution is -2.04. The third kappa shape index (κ3) is 1.80. The van der Waals surface area contributed by atoms with Crippen molar-refractivity contribution in [2.24, 2.45) is 0 Å². The van der Waals surface area contributed by atoms with Crippen molar-refractivity contribution in [2.45, 2.75) is 19.9 Å². The zero-order valence-corrected chi connectivity index (χ0v) is 8.92. The molecule has 0 aromatic carbocycles. The summed E-state index contributed by atoms with van der Waals surface area (Å²) in [5.41, 5.74) is 5.73. The first-order valence-corrected chi connectivity index (χ1v) is 5.46. The summed E-state index contributed by atoms with van der Waals surface area (Å²) >= 11 is 1.82. The monoisotopic (exact) mass is 207 g/mol. The number of nitrogens with two attached hydrogens (primary N) is 1. The van der Waals surface area contributed by atoms with Crippen LogP contribution >= 0.6 is 11.3 Å². The maximum Gasteiger partial charge on any atom is 0.122 e. The maximum atomic E-state index is 5.73. The number of aryl methyl sites for hydroxylation is 1. The number of nitrogens with zero attached hydrogens (tertiary/aromatic N) is 2. The third-order valence-electron chi connectivity index (χ3n) is 2.12. The molecule has 0 amide bonds. The lowest BCUT2D eigenvalue weighted by Gasteiger charge is -2.00. The van der Waals surface area contributed by atoms with E-state index in [-0.39, 0.29) is 0 Å². The first-order chi connectivity index (χ1) is 6.79. The van der Waals surface area contributed by atoms with Crippen LogP contribution in [-0.2, 0) is 13.0 Å². The molecule has 3 nitrogen and oxygen atoms in total. The molecule has 0 spiro atoms. The maximum absolute atomic E-state index is 5.73. The summed E-state index contributed by atoms with van der Waals surface area (Å²) in [5.74, 6) is 0.719. The van der Waals surface area contributed by atoms with E-state index in [1.165, 1.54) is 9.75 Å². The number of nitrogen functional groups attached to an aromatic ring is 1. The highest BCUT2D eigenvalue weighted by Crippen LogP contribution is 2.18. The number of hydrogen-bond acceptors (Lipinski definition) is 3. The highest BCUT2D eigenvalue weighted by atomic mass is 32.1. The van der Waals surface area contributed by atoms with Gasteiger partial charge < -0.3 is 5.73 Å². The van der Waals surface area contributed by atoms with Gasteiger partial charge in [-0.25, -0.2) is 4.68 Å². The lowest BCUT2D eigenvalue weighted by atomic mass is 10.4. The molecule has 2 heterocycles. The SMILES string of the molecule is CCc1ccc(Cn2nccc2N)s1. The van der Waals surface area contributed by atoms with Crippen molar-refractivity contribution in [1.29, 1.82) is 0 Å². The molecule has 0 radical (unpaired) electrons. The Morgan fingerprint density at radius 3 is 2.71 bits per heavy atom. The van der Waals surface area contributed by atoms with Crippen molar-refractivity contribution in [3.05, 3.63) is 34.2 Å². The van der Waals surface area contributed by atoms with E-state index in [1.807, 2.05) is 22.1 Å². The molecule has 0 atom stereocenters. The molecule has 74 valence electrons. The average Bonchev–Trinajstić information content (AvgIpc) is 2.77. The van der Waals surface area contributed by atoms with Gasteiger partial charge in [0.15, 0.2) is 0 Å². The minimum absolute atomic E-state index is 0.719. The summed E-state index contributed by atoms with van der Waals surface area (Å²) in [6, 6.07) is 6.12. The minimum Gasteiger partial charge on any atom is -0.384 e. The van der Waals surface area contributed by atoms with Gasteiger partial charge in [-0.1, -0.05) is 6.92 Å². The summed E-state index contributed by atoms with van der Waals surface area (Å²) in [5, 5.41) is 4.14. The molecule has 4 heteroatoms. The Morgan fingerprint density at radius 1 is 1.36 bits per heavy atom. The normalized spacial score (nSPS) is 10.6. The molecule has 0 bridgehead atoms. The predicted molar refractivity (Wildman–Crippen MR) is 59.4 cm³/mol. The van der Waals surface area contributed by atoms with Gasteiger partial charge in [0.05, 0.1) is 12.7 Å². The molecule has 0 aliphatic heterocycles. The van der Waals surface area contributed by atoms with E-state index in [1.54, 1.807) is 6.20 Å². The molecule has 0 aliphatic carbocycles. The molecule has 0 fully saturated rings. The van der Waals surface area contributed by atoms with E-state index < -0.39 is 0 Å². The van der Waals surface area contributed by atoms with Gasteiger partial charge in [-0.3, -0.25) is 0 Å². The van der Waals surface area contributed by atoms with Crippen LogP contribution in [0.15, 0.2) is 24.4 Å². The van der Waals surface area contributed by atoms with Crippen LogP contribution in [0.4, 0.5) is 5.82 Å². The van der Waals surface area contributed by atoms with Crippen LogP contribution < -0.4 is 5.73 Å². The van der Waals surface area contributed by atoms with E-state index in [9.17, 15) is 0 Å². The number of anilines is 1. The molecule has 2 rings (SSSR count). The Labute approximate surface area is 87.2 Å². The summed E-state index contributed by atoms with van der Waals surface area (Å²) in [7, 11) is 0. The van der Waals surface area contributed by atoms with Crippen molar-refractivity contribution in [3.8, 4) is 0 Å². The number of thiophene rings is 1. The predicted octanol–water partition coefficient (Wildman–Crippen LogP) is 2.14. The summed E-state index contributed by atoms with van der Waals surface area (Å²) in [4.78, 5) is 2.71. The first kappa shape index (κ1) is 9.27. The van der Waals surface area contributed by atoms with Crippen LogP contribution in [0.1, 0.15) is 16.7 Å². The van der Waals surface area contributed by atoms with Crippen LogP contribution in [0.25, 0.3) is 0 Å². The van der Waals surface area contributed by atoms with Gasteiger partial charge in [0.25, 0.3) is 0 Å². The summed E-state index contributed by atoms with van der Waals surface area (Å²) in [6.07, 6.45) is 2.82. The van der Waals surface area contributed by atoms with Crippen LogP contribution in [0.3, 0.4) is 0 Å². The molecule has 0 saturated carbocycles. The van der Waals surface area contributed by atoms with Crippen molar-refractivity contribution >= 4 is 17.2 Å². The summed E-state index contributed by atoms with van der Waals surface area (Å²) in [6.45, 7) is 2.95. The smallest absolute Gasteiger partial charge is 0.122 e. The van der Waals surface area contributed by atoms with Crippen molar-refractivity contribution in [3.63, 3.8) is 0 Å². The fourth-order valence-electron chi connectivity index (χ4n) is 1.32. The van der Waals surface area contributed by atoms with Crippen molar-refractivity contribution in [1.82, 2.24) is 9.78 Å². The third-order valence-corrected chi connectivity index (χ3v) is 3.34. The number of aromatic nitrogens is 2. The molecule has 2 N–H and O–H groups in total. The molecule has 2 aromatic heterocycles. The van der Waals surface area contributed by atoms with Crippen molar-refractivity contribution in [2.75, 3.05) is 5.73 Å². The Balaban J connectivity index is 2.15. The molecule has 0 unspecified atom stereocenters. The van der Waals surface area contributed by atoms with Crippen LogP contribution in [0, 0.1) is 0 Å². The van der Waals surface area contributed by atoms with Crippen LogP contribution in [0.5, 0.6) is 0 Å². The Kier molecular flexibility index (Phi) is 2.54. The van der Waals surface area contributed by atoms with E-state index >= 15 is 0 Å². The zero-order chi connectivity index (χ0) is 9.97. The summed E-state index contributed by atoms with van der Waals surface area (Å²) < 4.78 is 1.81.